The first-order valence-electron chi connectivity index (χ1n) is 11.9. The molecule has 0 atom stereocenters. The number of nitrogens with one attached hydrogen (secondary N) is 1. The van der Waals surface area contributed by atoms with E-state index in [-0.39, 0.29) is 17.5 Å². The highest BCUT2D eigenvalue weighted by Crippen LogP contribution is 2.35. The molecule has 2 saturated carbocycles. The predicted molar refractivity (Wildman–Crippen MR) is 134 cm³/mol. The highest BCUT2D eigenvalue weighted by atomic mass is 32.2. The molecule has 3 aromatic carbocycles. The molecule has 0 unspecified atom stereocenters. The van der Waals surface area contributed by atoms with Crippen LogP contribution in [0.25, 0.3) is 22.0 Å². The Morgan fingerprint density at radius 2 is 1.66 bits per heavy atom. The number of hydrogen-bond acceptors (Lipinski definition) is 5. The SMILES string of the molecule is O=S(=O)(c1ccccc1)N(Cc1cc(-c2ccc3ncnc(NC4CC4)c3c2)ccc1F)C1CC1. The summed E-state index contributed by atoms with van der Waals surface area (Å²) in [4.78, 5) is 9.02. The molecule has 4 aromatic rings. The van der Waals surface area contributed by atoms with Gasteiger partial charge in [0.05, 0.1) is 10.4 Å². The minimum atomic E-state index is -3.73. The van der Waals surface area contributed by atoms with E-state index in [9.17, 15) is 12.8 Å². The van der Waals surface area contributed by atoms with Gasteiger partial charge in [0.1, 0.15) is 18.0 Å². The summed E-state index contributed by atoms with van der Waals surface area (Å²) in [5.74, 6) is 0.387. The number of nitrogens with zero attached hydrogens (tertiary/aromatic N) is 3. The fourth-order valence-corrected chi connectivity index (χ4v) is 6.00. The summed E-state index contributed by atoms with van der Waals surface area (Å²) in [6, 6.07) is 19.5. The van der Waals surface area contributed by atoms with E-state index >= 15 is 0 Å². The zero-order valence-corrected chi connectivity index (χ0v) is 19.9. The van der Waals surface area contributed by atoms with Gasteiger partial charge in [-0.3, -0.25) is 0 Å². The molecule has 0 amide bonds. The van der Waals surface area contributed by atoms with Gasteiger partial charge >= 0.3 is 0 Å². The lowest BCUT2D eigenvalue weighted by atomic mass is 10.0. The Bertz CT molecular complexity index is 1500. The summed E-state index contributed by atoms with van der Waals surface area (Å²) >= 11 is 0. The largest absolute Gasteiger partial charge is 0.367 e. The van der Waals surface area contributed by atoms with Crippen LogP contribution in [-0.4, -0.2) is 34.8 Å². The van der Waals surface area contributed by atoms with Crippen LogP contribution in [-0.2, 0) is 16.6 Å². The minimum Gasteiger partial charge on any atom is -0.367 e. The third-order valence-corrected chi connectivity index (χ3v) is 8.48. The van der Waals surface area contributed by atoms with Crippen LogP contribution in [0.4, 0.5) is 10.2 Å². The molecule has 0 aliphatic heterocycles. The van der Waals surface area contributed by atoms with Crippen molar-refractivity contribution in [3.8, 4) is 11.1 Å². The molecule has 35 heavy (non-hydrogen) atoms. The van der Waals surface area contributed by atoms with Crippen molar-refractivity contribution >= 4 is 26.7 Å². The third kappa shape index (κ3) is 4.51. The fourth-order valence-electron chi connectivity index (χ4n) is 4.32. The summed E-state index contributed by atoms with van der Waals surface area (Å²) in [5.41, 5.74) is 2.91. The molecular weight excluding hydrogens is 463 g/mol. The zero-order chi connectivity index (χ0) is 24.0. The van der Waals surface area contributed by atoms with Gasteiger partial charge in [-0.05, 0) is 73.2 Å². The van der Waals surface area contributed by atoms with Gasteiger partial charge in [0.15, 0.2) is 0 Å². The van der Waals surface area contributed by atoms with Crippen molar-refractivity contribution in [3.05, 3.63) is 84.4 Å². The molecule has 1 N–H and O–H groups in total. The standard InChI is InChI=1S/C27H25FN4O2S/c28-25-12-6-18(19-7-13-26-24(15-19)27(30-17-29-26)31-21-8-9-21)14-20(25)16-32(22-10-11-22)35(33,34)23-4-2-1-3-5-23/h1-7,12-15,17,21-22H,8-11,16H2,(H,29,30,31). The zero-order valence-electron chi connectivity index (χ0n) is 19.1. The van der Waals surface area contributed by atoms with E-state index in [0.717, 1.165) is 53.5 Å². The second-order valence-electron chi connectivity index (χ2n) is 9.27. The molecule has 2 aliphatic rings. The van der Waals surface area contributed by atoms with Crippen LogP contribution in [0.15, 0.2) is 78.0 Å². The molecule has 178 valence electrons. The molecule has 6 rings (SSSR count). The van der Waals surface area contributed by atoms with Crippen LogP contribution in [0.3, 0.4) is 0 Å². The Kier molecular flexibility index (Phi) is 5.50. The van der Waals surface area contributed by atoms with Crippen LogP contribution >= 0.6 is 0 Å². The van der Waals surface area contributed by atoms with Gasteiger partial charge in [-0.2, -0.15) is 4.31 Å². The molecule has 2 aliphatic carbocycles. The van der Waals surface area contributed by atoms with Crippen molar-refractivity contribution in [1.29, 1.82) is 0 Å². The lowest BCUT2D eigenvalue weighted by Crippen LogP contribution is -2.33. The van der Waals surface area contributed by atoms with Gasteiger partial charge < -0.3 is 5.32 Å². The first-order valence-corrected chi connectivity index (χ1v) is 13.3. The van der Waals surface area contributed by atoms with Crippen LogP contribution in [0.2, 0.25) is 0 Å². The fraction of sp³-hybridized carbons (Fsp3) is 0.259. The Labute approximate surface area is 203 Å². The molecule has 6 nitrogen and oxygen atoms in total. The summed E-state index contributed by atoms with van der Waals surface area (Å²) in [7, 11) is -3.73. The monoisotopic (exact) mass is 488 g/mol. The van der Waals surface area contributed by atoms with E-state index in [1.54, 1.807) is 48.8 Å². The smallest absolute Gasteiger partial charge is 0.243 e. The highest BCUT2D eigenvalue weighted by molar-refractivity contribution is 7.89. The molecule has 1 heterocycles. The molecule has 8 heteroatoms. The van der Waals surface area contributed by atoms with Gasteiger partial charge in [0, 0.05) is 29.6 Å². The topological polar surface area (TPSA) is 75.2 Å². The normalized spacial score (nSPS) is 16.1. The number of halogens is 1. The molecular formula is C27H25FN4O2S. The maximum Gasteiger partial charge on any atom is 0.243 e. The summed E-state index contributed by atoms with van der Waals surface area (Å²) in [6.45, 7) is -0.00720. The molecule has 2 fully saturated rings. The maximum atomic E-state index is 14.9. The second-order valence-corrected chi connectivity index (χ2v) is 11.2. The summed E-state index contributed by atoms with van der Waals surface area (Å²) in [6.07, 6.45) is 5.40. The Morgan fingerprint density at radius 1 is 0.914 bits per heavy atom. The number of aromatic nitrogens is 2. The Balaban J connectivity index is 1.35. The Morgan fingerprint density at radius 3 is 2.40 bits per heavy atom. The highest BCUT2D eigenvalue weighted by Gasteiger charge is 2.38. The van der Waals surface area contributed by atoms with E-state index in [0.29, 0.717) is 11.6 Å². The van der Waals surface area contributed by atoms with Gasteiger partial charge in [-0.1, -0.05) is 30.3 Å². The molecule has 0 saturated heterocycles. The van der Waals surface area contributed by atoms with E-state index < -0.39 is 15.8 Å². The van der Waals surface area contributed by atoms with Crippen LogP contribution in [0, 0.1) is 5.82 Å². The van der Waals surface area contributed by atoms with Crippen molar-refractivity contribution in [1.82, 2.24) is 14.3 Å². The first kappa shape index (κ1) is 22.1. The van der Waals surface area contributed by atoms with E-state index in [1.807, 2.05) is 18.2 Å². The van der Waals surface area contributed by atoms with Crippen LogP contribution < -0.4 is 5.32 Å². The maximum absolute atomic E-state index is 14.9. The van der Waals surface area contributed by atoms with Crippen molar-refractivity contribution in [2.75, 3.05) is 5.32 Å². The number of hydrogen-bond donors (Lipinski definition) is 1. The van der Waals surface area contributed by atoms with Gasteiger partial charge in [-0.15, -0.1) is 0 Å². The lowest BCUT2D eigenvalue weighted by molar-refractivity contribution is 0.391. The second kappa shape index (κ2) is 8.70. The summed E-state index contributed by atoms with van der Waals surface area (Å²) in [5, 5.41) is 4.36. The van der Waals surface area contributed by atoms with E-state index in [2.05, 4.69) is 15.3 Å². The average Bonchev–Trinajstić information content (AvgIpc) is 3.80. The number of fused-ring (bicyclic) bond motifs is 1. The van der Waals surface area contributed by atoms with Gasteiger partial charge in [0.25, 0.3) is 0 Å². The average molecular weight is 489 g/mol. The minimum absolute atomic E-state index is 0.00720. The third-order valence-electron chi connectivity index (χ3n) is 6.56. The number of anilines is 1. The van der Waals surface area contributed by atoms with Crippen LogP contribution in [0.1, 0.15) is 31.2 Å². The lowest BCUT2D eigenvalue weighted by Gasteiger charge is -2.22. The molecule has 0 bridgehead atoms. The molecule has 0 spiro atoms. The van der Waals surface area contributed by atoms with Gasteiger partial charge in [0.2, 0.25) is 10.0 Å². The molecule has 1 aromatic heterocycles. The molecule has 0 radical (unpaired) electrons. The van der Waals surface area contributed by atoms with E-state index in [1.165, 1.54) is 10.4 Å². The van der Waals surface area contributed by atoms with Gasteiger partial charge in [-0.25, -0.2) is 22.8 Å². The van der Waals surface area contributed by atoms with Crippen LogP contribution in [0.5, 0.6) is 0 Å². The van der Waals surface area contributed by atoms with E-state index in [4.69, 9.17) is 0 Å². The number of benzene rings is 3. The first-order chi connectivity index (χ1) is 17.0. The van der Waals surface area contributed by atoms with Crippen molar-refractivity contribution < 1.29 is 12.8 Å². The van der Waals surface area contributed by atoms with Crippen molar-refractivity contribution in [2.24, 2.45) is 0 Å². The Hall–Kier alpha value is -3.36. The van der Waals surface area contributed by atoms with Crippen molar-refractivity contribution in [2.45, 2.75) is 49.2 Å². The quantitative estimate of drug-likeness (QED) is 0.361. The number of sulfonamides is 1. The van der Waals surface area contributed by atoms with Crippen molar-refractivity contribution in [3.63, 3.8) is 0 Å². The number of rotatable bonds is 8. The predicted octanol–water partition coefficient (Wildman–Crippen LogP) is 5.36. The summed E-state index contributed by atoms with van der Waals surface area (Å²) < 4.78 is 43.1.